The highest BCUT2D eigenvalue weighted by Gasteiger charge is 2.14. The molecule has 0 radical (unpaired) electrons. The van der Waals surface area contributed by atoms with Crippen LogP contribution in [0.15, 0.2) is 12.5 Å². The van der Waals surface area contributed by atoms with Crippen LogP contribution in [0, 0.1) is 0 Å². The van der Waals surface area contributed by atoms with Gasteiger partial charge in [-0.3, -0.25) is 0 Å². The van der Waals surface area contributed by atoms with E-state index in [0.717, 1.165) is 12.8 Å². The van der Waals surface area contributed by atoms with E-state index in [2.05, 4.69) is 16.9 Å². The van der Waals surface area contributed by atoms with Crippen molar-refractivity contribution in [2.75, 3.05) is 13.2 Å². The first-order chi connectivity index (χ1) is 7.79. The van der Waals surface area contributed by atoms with Crippen molar-refractivity contribution in [3.8, 4) is 5.88 Å². The number of esters is 1. The Labute approximate surface area is 94.8 Å². The maximum atomic E-state index is 11.5. The summed E-state index contributed by atoms with van der Waals surface area (Å²) in [5, 5.41) is 0. The van der Waals surface area contributed by atoms with Crippen LogP contribution in [0.5, 0.6) is 5.88 Å². The summed E-state index contributed by atoms with van der Waals surface area (Å²) in [6.45, 7) is 4.68. The minimum atomic E-state index is -0.449. The van der Waals surface area contributed by atoms with Crippen LogP contribution < -0.4 is 4.74 Å². The van der Waals surface area contributed by atoms with Gasteiger partial charge in [-0.2, -0.15) is 0 Å². The van der Waals surface area contributed by atoms with Gasteiger partial charge < -0.3 is 9.47 Å². The fraction of sp³-hybridized carbons (Fsp3) is 0.545. The molecule has 88 valence electrons. The highest BCUT2D eigenvalue weighted by atomic mass is 16.5. The van der Waals surface area contributed by atoms with Crippen molar-refractivity contribution < 1.29 is 14.3 Å². The van der Waals surface area contributed by atoms with Crippen LogP contribution in [-0.4, -0.2) is 29.2 Å². The molecule has 5 nitrogen and oxygen atoms in total. The lowest BCUT2D eigenvalue weighted by Gasteiger charge is -2.08. The van der Waals surface area contributed by atoms with E-state index in [1.54, 1.807) is 6.92 Å². The summed E-state index contributed by atoms with van der Waals surface area (Å²) in [7, 11) is 0. The lowest BCUT2D eigenvalue weighted by molar-refractivity contribution is 0.0520. The average Bonchev–Trinajstić information content (AvgIpc) is 2.30. The summed E-state index contributed by atoms with van der Waals surface area (Å²) in [5.74, 6) is -0.156. The van der Waals surface area contributed by atoms with Gasteiger partial charge in [0.25, 0.3) is 0 Å². The normalized spacial score (nSPS) is 9.88. The van der Waals surface area contributed by atoms with Crippen LogP contribution in [0.25, 0.3) is 0 Å². The van der Waals surface area contributed by atoms with Crippen LogP contribution in [0.1, 0.15) is 37.0 Å². The van der Waals surface area contributed by atoms with Gasteiger partial charge in [0.2, 0.25) is 5.88 Å². The van der Waals surface area contributed by atoms with E-state index in [0.29, 0.717) is 19.1 Å². The third kappa shape index (κ3) is 3.49. The molecule has 0 N–H and O–H groups in total. The quantitative estimate of drug-likeness (QED) is 0.545. The van der Waals surface area contributed by atoms with Crippen molar-refractivity contribution >= 4 is 5.97 Å². The van der Waals surface area contributed by atoms with Crippen LogP contribution in [0.3, 0.4) is 0 Å². The monoisotopic (exact) mass is 224 g/mol. The fourth-order valence-electron chi connectivity index (χ4n) is 1.10. The number of ether oxygens (including phenoxy) is 2. The minimum absolute atomic E-state index is 0.278. The van der Waals surface area contributed by atoms with Gasteiger partial charge in [0.05, 0.1) is 13.2 Å². The summed E-state index contributed by atoms with van der Waals surface area (Å²) in [5.41, 5.74) is 0.278. The van der Waals surface area contributed by atoms with E-state index in [9.17, 15) is 4.79 Å². The van der Waals surface area contributed by atoms with Gasteiger partial charge >= 0.3 is 5.97 Å². The molecule has 1 heterocycles. The van der Waals surface area contributed by atoms with Crippen molar-refractivity contribution in [3.05, 3.63) is 18.1 Å². The third-order valence-electron chi connectivity index (χ3n) is 1.91. The van der Waals surface area contributed by atoms with Crippen molar-refractivity contribution in [2.45, 2.75) is 26.7 Å². The van der Waals surface area contributed by atoms with Gasteiger partial charge in [-0.25, -0.2) is 14.8 Å². The van der Waals surface area contributed by atoms with Crippen molar-refractivity contribution in [1.82, 2.24) is 9.97 Å². The Morgan fingerprint density at radius 1 is 1.44 bits per heavy atom. The zero-order valence-corrected chi connectivity index (χ0v) is 9.60. The molecule has 1 rings (SSSR count). The van der Waals surface area contributed by atoms with E-state index in [-0.39, 0.29) is 5.56 Å². The first kappa shape index (κ1) is 12.4. The van der Waals surface area contributed by atoms with E-state index in [1.165, 1.54) is 12.5 Å². The second-order valence-electron chi connectivity index (χ2n) is 3.16. The van der Waals surface area contributed by atoms with Crippen LogP contribution in [0.2, 0.25) is 0 Å². The molecule has 1 aromatic rings. The number of rotatable bonds is 6. The SMILES string of the molecule is CCCCOc1ncncc1C(=O)OCC. The van der Waals surface area contributed by atoms with Crippen molar-refractivity contribution in [2.24, 2.45) is 0 Å². The smallest absolute Gasteiger partial charge is 0.345 e. The molecular weight excluding hydrogens is 208 g/mol. The van der Waals surface area contributed by atoms with Gasteiger partial charge in [0.15, 0.2) is 0 Å². The molecule has 0 saturated heterocycles. The first-order valence-electron chi connectivity index (χ1n) is 5.39. The Kier molecular flexibility index (Phi) is 5.25. The maximum Gasteiger partial charge on any atom is 0.345 e. The van der Waals surface area contributed by atoms with Crippen LogP contribution in [-0.2, 0) is 4.74 Å². The predicted octanol–water partition coefficient (Wildman–Crippen LogP) is 1.83. The molecular formula is C11H16N2O3. The molecule has 1 aromatic heterocycles. The number of unbranched alkanes of at least 4 members (excludes halogenated alkanes) is 1. The Bertz CT molecular complexity index is 342. The van der Waals surface area contributed by atoms with Gasteiger partial charge in [0, 0.05) is 6.20 Å². The topological polar surface area (TPSA) is 61.3 Å². The minimum Gasteiger partial charge on any atom is -0.477 e. The number of carbonyl (C=O) groups is 1. The molecule has 0 fully saturated rings. The largest absolute Gasteiger partial charge is 0.477 e. The number of hydrogen-bond acceptors (Lipinski definition) is 5. The van der Waals surface area contributed by atoms with Crippen molar-refractivity contribution in [1.29, 1.82) is 0 Å². The van der Waals surface area contributed by atoms with E-state index < -0.39 is 5.97 Å². The molecule has 0 unspecified atom stereocenters. The Balaban J connectivity index is 2.71. The molecule has 0 aliphatic heterocycles. The van der Waals surface area contributed by atoms with Gasteiger partial charge in [-0.1, -0.05) is 13.3 Å². The molecule has 0 spiro atoms. The second kappa shape index (κ2) is 6.76. The molecule has 0 bridgehead atoms. The lowest BCUT2D eigenvalue weighted by atomic mass is 10.3. The lowest BCUT2D eigenvalue weighted by Crippen LogP contribution is -2.10. The Morgan fingerprint density at radius 2 is 2.25 bits per heavy atom. The summed E-state index contributed by atoms with van der Waals surface area (Å²) in [4.78, 5) is 19.2. The Morgan fingerprint density at radius 3 is 2.94 bits per heavy atom. The van der Waals surface area contributed by atoms with Gasteiger partial charge in [-0.15, -0.1) is 0 Å². The average molecular weight is 224 g/mol. The number of carbonyl (C=O) groups excluding carboxylic acids is 1. The van der Waals surface area contributed by atoms with E-state index >= 15 is 0 Å². The van der Waals surface area contributed by atoms with E-state index in [1.807, 2.05) is 0 Å². The highest BCUT2D eigenvalue weighted by Crippen LogP contribution is 2.14. The number of aromatic nitrogens is 2. The number of hydrogen-bond donors (Lipinski definition) is 0. The van der Waals surface area contributed by atoms with Crippen LogP contribution >= 0.6 is 0 Å². The molecule has 0 atom stereocenters. The fourth-order valence-corrected chi connectivity index (χ4v) is 1.10. The van der Waals surface area contributed by atoms with E-state index in [4.69, 9.17) is 9.47 Å². The zero-order chi connectivity index (χ0) is 11.8. The zero-order valence-electron chi connectivity index (χ0n) is 9.60. The van der Waals surface area contributed by atoms with Gasteiger partial charge in [0.1, 0.15) is 11.9 Å². The molecule has 0 aliphatic carbocycles. The molecule has 0 aromatic carbocycles. The highest BCUT2D eigenvalue weighted by molar-refractivity contribution is 5.91. The molecule has 5 heteroatoms. The summed E-state index contributed by atoms with van der Waals surface area (Å²) < 4.78 is 10.3. The Hall–Kier alpha value is -1.65. The molecule has 0 aliphatic rings. The predicted molar refractivity (Wildman–Crippen MR) is 58.4 cm³/mol. The van der Waals surface area contributed by atoms with Crippen molar-refractivity contribution in [3.63, 3.8) is 0 Å². The third-order valence-corrected chi connectivity index (χ3v) is 1.91. The second-order valence-corrected chi connectivity index (χ2v) is 3.16. The standard InChI is InChI=1S/C11H16N2O3/c1-3-5-6-16-10-9(7-12-8-13-10)11(14)15-4-2/h7-8H,3-6H2,1-2H3. The first-order valence-corrected chi connectivity index (χ1v) is 5.39. The van der Waals surface area contributed by atoms with Gasteiger partial charge in [-0.05, 0) is 13.3 Å². The molecule has 0 amide bonds. The van der Waals surface area contributed by atoms with Crippen LogP contribution in [0.4, 0.5) is 0 Å². The maximum absolute atomic E-state index is 11.5. The summed E-state index contributed by atoms with van der Waals surface area (Å²) in [6, 6.07) is 0. The summed E-state index contributed by atoms with van der Waals surface area (Å²) in [6.07, 6.45) is 4.71. The molecule has 0 saturated carbocycles. The molecule has 16 heavy (non-hydrogen) atoms. The summed E-state index contributed by atoms with van der Waals surface area (Å²) >= 11 is 0. The number of nitrogens with zero attached hydrogens (tertiary/aromatic N) is 2.